The van der Waals surface area contributed by atoms with E-state index in [0.717, 1.165) is 25.9 Å². The van der Waals surface area contributed by atoms with Gasteiger partial charge in [0, 0.05) is 24.2 Å². The smallest absolute Gasteiger partial charge is 0.166 e. The lowest BCUT2D eigenvalue weighted by atomic mass is 10.0. The average Bonchev–Trinajstić information content (AvgIpc) is 1.98. The van der Waals surface area contributed by atoms with Gasteiger partial charge in [0.25, 0.3) is 0 Å². The maximum Gasteiger partial charge on any atom is 0.166 e. The van der Waals surface area contributed by atoms with Crippen molar-refractivity contribution >= 4 is 17.3 Å². The second-order valence-electron chi connectivity index (χ2n) is 5.66. The number of nitrogens with two attached hydrogens (primary N) is 2. The Labute approximate surface area is 105 Å². The molecule has 0 amide bonds. The molecule has 0 aromatic heterocycles. The molecule has 0 atom stereocenters. The number of hydrogen-bond donors (Lipinski definition) is 4. The highest BCUT2D eigenvalue weighted by molar-refractivity contribution is 7.80. The summed E-state index contributed by atoms with van der Waals surface area (Å²) in [5, 5.41) is 6.92. The molecule has 0 saturated carbocycles. The van der Waals surface area contributed by atoms with Gasteiger partial charge in [0.15, 0.2) is 5.11 Å². The highest BCUT2D eigenvalue weighted by Gasteiger charge is 2.11. The van der Waals surface area contributed by atoms with Gasteiger partial charge in [-0.05, 0) is 52.8 Å². The average molecular weight is 246 g/mol. The van der Waals surface area contributed by atoms with E-state index >= 15 is 0 Å². The highest BCUT2D eigenvalue weighted by Crippen LogP contribution is 2.02. The van der Waals surface area contributed by atoms with Gasteiger partial charge < -0.3 is 22.1 Å². The van der Waals surface area contributed by atoms with E-state index in [1.54, 1.807) is 0 Å². The van der Waals surface area contributed by atoms with E-state index in [0.29, 0.717) is 5.11 Å². The van der Waals surface area contributed by atoms with E-state index < -0.39 is 0 Å². The molecule has 0 aromatic carbocycles. The largest absolute Gasteiger partial charge is 0.363 e. The van der Waals surface area contributed by atoms with Crippen molar-refractivity contribution < 1.29 is 0 Å². The maximum atomic E-state index is 5.86. The minimum atomic E-state index is -0.151. The first kappa shape index (κ1) is 15.6. The van der Waals surface area contributed by atoms with Crippen LogP contribution in [-0.4, -0.2) is 29.3 Å². The van der Waals surface area contributed by atoms with Gasteiger partial charge in [-0.3, -0.25) is 0 Å². The van der Waals surface area contributed by atoms with Crippen molar-refractivity contribution in [3.8, 4) is 0 Å². The SMILES string of the molecule is CC(C)(N)CCNC(=S)NCCC(C)(C)N. The maximum absolute atomic E-state index is 5.86. The third-order valence-electron chi connectivity index (χ3n) is 2.11. The third-order valence-corrected chi connectivity index (χ3v) is 2.40. The van der Waals surface area contributed by atoms with Gasteiger partial charge in [-0.1, -0.05) is 0 Å². The van der Waals surface area contributed by atoms with E-state index in [1.807, 2.05) is 27.7 Å². The van der Waals surface area contributed by atoms with Crippen LogP contribution in [0.15, 0.2) is 0 Å². The van der Waals surface area contributed by atoms with Crippen molar-refractivity contribution in [1.29, 1.82) is 0 Å². The normalized spacial score (nSPS) is 12.4. The molecule has 6 N–H and O–H groups in total. The summed E-state index contributed by atoms with van der Waals surface area (Å²) in [7, 11) is 0. The Morgan fingerprint density at radius 2 is 1.25 bits per heavy atom. The molecule has 0 rings (SSSR count). The lowest BCUT2D eigenvalue weighted by Gasteiger charge is -2.21. The van der Waals surface area contributed by atoms with Crippen molar-refractivity contribution in [1.82, 2.24) is 10.6 Å². The molecule has 0 saturated heterocycles. The summed E-state index contributed by atoms with van der Waals surface area (Å²) >= 11 is 5.13. The molecule has 16 heavy (non-hydrogen) atoms. The van der Waals surface area contributed by atoms with E-state index in [1.165, 1.54) is 0 Å². The summed E-state index contributed by atoms with van der Waals surface area (Å²) in [5.74, 6) is 0. The van der Waals surface area contributed by atoms with Gasteiger partial charge in [-0.25, -0.2) is 0 Å². The molecule has 0 unspecified atom stereocenters. The Morgan fingerprint density at radius 3 is 1.50 bits per heavy atom. The van der Waals surface area contributed by atoms with Crippen LogP contribution < -0.4 is 22.1 Å². The minimum absolute atomic E-state index is 0.151. The number of thiocarbonyl (C=S) groups is 1. The lowest BCUT2D eigenvalue weighted by molar-refractivity contribution is 0.466. The van der Waals surface area contributed by atoms with Crippen LogP contribution in [0, 0.1) is 0 Å². The Kier molecular flexibility index (Phi) is 6.22. The highest BCUT2D eigenvalue weighted by atomic mass is 32.1. The van der Waals surface area contributed by atoms with Gasteiger partial charge in [0.1, 0.15) is 0 Å². The fraction of sp³-hybridized carbons (Fsp3) is 0.909. The monoisotopic (exact) mass is 246 g/mol. The molecular weight excluding hydrogens is 220 g/mol. The number of hydrogen-bond acceptors (Lipinski definition) is 3. The van der Waals surface area contributed by atoms with Crippen LogP contribution in [0.25, 0.3) is 0 Å². The zero-order valence-corrected chi connectivity index (χ0v) is 11.7. The van der Waals surface area contributed by atoms with Crippen LogP contribution in [0.4, 0.5) is 0 Å². The molecule has 0 radical (unpaired) electrons. The molecule has 0 heterocycles. The molecule has 0 aromatic rings. The topological polar surface area (TPSA) is 76.1 Å². The Hall–Kier alpha value is -0.390. The quantitative estimate of drug-likeness (QED) is 0.519. The molecule has 0 aliphatic carbocycles. The molecule has 0 spiro atoms. The second-order valence-corrected chi connectivity index (χ2v) is 6.07. The summed E-state index contributed by atoms with van der Waals surface area (Å²) < 4.78 is 0. The Bertz CT molecular complexity index is 193. The Morgan fingerprint density at radius 1 is 0.938 bits per heavy atom. The van der Waals surface area contributed by atoms with Crippen LogP contribution >= 0.6 is 12.2 Å². The zero-order valence-electron chi connectivity index (χ0n) is 10.9. The van der Waals surface area contributed by atoms with E-state index in [-0.39, 0.29) is 11.1 Å². The predicted molar refractivity (Wildman–Crippen MR) is 74.4 cm³/mol. The predicted octanol–water partition coefficient (Wildman–Crippen LogP) is 0.705. The van der Waals surface area contributed by atoms with Crippen molar-refractivity contribution in [2.45, 2.75) is 51.6 Å². The summed E-state index contributed by atoms with van der Waals surface area (Å²) in [6, 6.07) is 0. The van der Waals surface area contributed by atoms with Crippen LogP contribution in [-0.2, 0) is 0 Å². The molecule has 0 fully saturated rings. The van der Waals surface area contributed by atoms with Gasteiger partial charge >= 0.3 is 0 Å². The van der Waals surface area contributed by atoms with Gasteiger partial charge in [-0.15, -0.1) is 0 Å². The molecule has 0 aliphatic rings. The van der Waals surface area contributed by atoms with E-state index in [4.69, 9.17) is 23.7 Å². The number of rotatable bonds is 6. The fourth-order valence-corrected chi connectivity index (χ4v) is 1.26. The fourth-order valence-electron chi connectivity index (χ4n) is 1.06. The van der Waals surface area contributed by atoms with Crippen LogP contribution in [0.3, 0.4) is 0 Å². The first-order valence-corrected chi connectivity index (χ1v) is 6.10. The summed E-state index contributed by atoms with van der Waals surface area (Å²) in [6.45, 7) is 9.59. The van der Waals surface area contributed by atoms with Gasteiger partial charge in [0.2, 0.25) is 0 Å². The minimum Gasteiger partial charge on any atom is -0.363 e. The zero-order chi connectivity index (χ0) is 12.8. The summed E-state index contributed by atoms with van der Waals surface area (Å²) in [4.78, 5) is 0. The molecule has 5 heteroatoms. The second kappa shape index (κ2) is 6.37. The molecule has 4 nitrogen and oxygen atoms in total. The third kappa shape index (κ3) is 11.7. The van der Waals surface area contributed by atoms with Crippen molar-refractivity contribution in [2.24, 2.45) is 11.5 Å². The van der Waals surface area contributed by atoms with Crippen molar-refractivity contribution in [3.05, 3.63) is 0 Å². The number of nitrogens with one attached hydrogen (secondary N) is 2. The first-order chi connectivity index (χ1) is 7.10. The van der Waals surface area contributed by atoms with E-state index in [2.05, 4.69) is 10.6 Å². The lowest BCUT2D eigenvalue weighted by Crippen LogP contribution is -2.43. The van der Waals surface area contributed by atoms with Gasteiger partial charge in [0.05, 0.1) is 0 Å². The molecule has 96 valence electrons. The van der Waals surface area contributed by atoms with Crippen LogP contribution in [0.5, 0.6) is 0 Å². The summed E-state index contributed by atoms with van der Waals surface area (Å²) in [5.41, 5.74) is 11.4. The van der Waals surface area contributed by atoms with E-state index in [9.17, 15) is 0 Å². The van der Waals surface area contributed by atoms with Crippen molar-refractivity contribution in [3.63, 3.8) is 0 Å². The first-order valence-electron chi connectivity index (χ1n) is 5.70. The molecule has 0 aliphatic heterocycles. The van der Waals surface area contributed by atoms with Gasteiger partial charge in [-0.2, -0.15) is 0 Å². The molecular formula is C11H26N4S. The molecule has 0 bridgehead atoms. The van der Waals surface area contributed by atoms with Crippen LogP contribution in [0.2, 0.25) is 0 Å². The van der Waals surface area contributed by atoms with Crippen molar-refractivity contribution in [2.75, 3.05) is 13.1 Å². The van der Waals surface area contributed by atoms with Crippen LogP contribution in [0.1, 0.15) is 40.5 Å². The Balaban J connectivity index is 3.53. The standard InChI is InChI=1S/C11H26N4S/c1-10(2,12)5-7-14-9(16)15-8-6-11(3,4)13/h5-8,12-13H2,1-4H3,(H2,14,15,16). The summed E-state index contributed by atoms with van der Waals surface area (Å²) in [6.07, 6.45) is 1.77.